The highest BCUT2D eigenvalue weighted by molar-refractivity contribution is 7.86. The van der Waals surface area contributed by atoms with E-state index in [9.17, 15) is 13.2 Å². The Morgan fingerprint density at radius 3 is 1.77 bits per heavy atom. The van der Waals surface area contributed by atoms with Gasteiger partial charge in [-0.15, -0.1) is 0 Å². The first-order valence-electron chi connectivity index (χ1n) is 7.59. The molecule has 0 bridgehead atoms. The summed E-state index contributed by atoms with van der Waals surface area (Å²) in [6.45, 7) is 0. The van der Waals surface area contributed by atoms with Gasteiger partial charge in [-0.05, 0) is 22.3 Å². The third kappa shape index (κ3) is 4.68. The zero-order valence-electron chi connectivity index (χ0n) is 13.6. The maximum absolute atomic E-state index is 11.8. The van der Waals surface area contributed by atoms with E-state index in [1.165, 1.54) is 0 Å². The van der Waals surface area contributed by atoms with Crippen LogP contribution in [-0.4, -0.2) is 56.1 Å². The Morgan fingerprint density at radius 2 is 1.45 bits per heavy atom. The third-order valence-electron chi connectivity index (χ3n) is 3.66. The van der Waals surface area contributed by atoms with E-state index in [4.69, 9.17) is 9.29 Å². The fraction of sp³-hybridized carbons (Fsp3) is 0.417. The van der Waals surface area contributed by atoms with Crippen molar-refractivity contribution in [1.29, 1.82) is 0 Å². The number of esters is 1. The highest BCUT2D eigenvalue weighted by Crippen LogP contribution is 2.31. The van der Waals surface area contributed by atoms with Crippen LogP contribution in [0.3, 0.4) is 0 Å². The van der Waals surface area contributed by atoms with Gasteiger partial charge in [0.25, 0.3) is 10.1 Å². The Kier molecular flexibility index (Phi) is 6.81. The largest absolute Gasteiger partial charge is 0.425 e. The van der Waals surface area contributed by atoms with Gasteiger partial charge in [-0.2, -0.15) is 8.42 Å². The van der Waals surface area contributed by atoms with Gasteiger partial charge in [0, 0.05) is 0 Å². The van der Waals surface area contributed by atoms with Crippen LogP contribution >= 0.6 is 0 Å². The number of rotatable bonds is 7. The standard InChI is InChI=1S/C12H20B4O5S/c13-2-7-1-8(3-14)10(5-16)12(9(7)4-15)21-11(17)6-22(18,19)20/h1H,2-6,13-16H2,(H,18,19,20). The summed E-state index contributed by atoms with van der Waals surface area (Å²) in [4.78, 5) is 11.8. The number of hydrogen-bond acceptors (Lipinski definition) is 4. The lowest BCUT2D eigenvalue weighted by Crippen LogP contribution is -2.22. The molecule has 10 heteroatoms. The molecule has 0 radical (unpaired) electrons. The molecule has 0 spiro atoms. The predicted molar refractivity (Wildman–Crippen MR) is 97.5 cm³/mol. The number of ether oxygens (including phenoxy) is 1. The Morgan fingerprint density at radius 1 is 1.00 bits per heavy atom. The molecular formula is C12H20B4O5S. The topological polar surface area (TPSA) is 80.7 Å². The van der Waals surface area contributed by atoms with Crippen molar-refractivity contribution in [3.63, 3.8) is 0 Å². The second-order valence-corrected chi connectivity index (χ2v) is 6.55. The lowest BCUT2D eigenvalue weighted by Gasteiger charge is -2.20. The molecule has 1 aromatic rings. The van der Waals surface area contributed by atoms with Crippen molar-refractivity contribution in [3.8, 4) is 5.75 Å². The van der Waals surface area contributed by atoms with Crippen molar-refractivity contribution in [1.82, 2.24) is 0 Å². The second-order valence-electron chi connectivity index (χ2n) is 5.10. The highest BCUT2D eigenvalue weighted by atomic mass is 32.2. The Hall–Kier alpha value is -1.14. The van der Waals surface area contributed by atoms with Gasteiger partial charge in [0.05, 0.1) is 0 Å². The van der Waals surface area contributed by atoms with E-state index in [0.717, 1.165) is 34.9 Å². The molecule has 22 heavy (non-hydrogen) atoms. The molecule has 0 fully saturated rings. The lowest BCUT2D eigenvalue weighted by atomic mass is 9.78. The maximum atomic E-state index is 11.8. The average molecular weight is 320 g/mol. The summed E-state index contributed by atoms with van der Waals surface area (Å²) in [7, 11) is 3.62. The van der Waals surface area contributed by atoms with E-state index in [-0.39, 0.29) is 0 Å². The van der Waals surface area contributed by atoms with E-state index in [2.05, 4.69) is 6.07 Å². The summed E-state index contributed by atoms with van der Waals surface area (Å²) in [5.74, 6) is -1.52. The second kappa shape index (κ2) is 7.92. The highest BCUT2D eigenvalue weighted by Gasteiger charge is 2.21. The first-order chi connectivity index (χ1) is 10.3. The SMILES string of the molecule is BCc1cc(CB)c(CB)c(OC(=O)CS(=O)(=O)O)c1CB. The number of carbonyl (C=O) groups excluding carboxylic acids is 1. The molecule has 1 N–H and O–H groups in total. The summed E-state index contributed by atoms with van der Waals surface area (Å²) >= 11 is 0. The fourth-order valence-electron chi connectivity index (χ4n) is 2.68. The quantitative estimate of drug-likeness (QED) is 0.251. The Balaban J connectivity index is 3.38. The molecule has 1 rings (SSSR count). The molecule has 0 aliphatic heterocycles. The first kappa shape index (κ1) is 18.9. The summed E-state index contributed by atoms with van der Waals surface area (Å²) in [6, 6.07) is 2.14. The first-order valence-corrected chi connectivity index (χ1v) is 9.20. The van der Waals surface area contributed by atoms with Gasteiger partial charge in [0.15, 0.2) is 5.75 Å². The van der Waals surface area contributed by atoms with Gasteiger partial charge in [-0.3, -0.25) is 9.35 Å². The van der Waals surface area contributed by atoms with Gasteiger partial charge >= 0.3 is 5.97 Å². The lowest BCUT2D eigenvalue weighted by molar-refractivity contribution is -0.131. The molecule has 0 saturated heterocycles. The van der Waals surface area contributed by atoms with Gasteiger partial charge in [-0.1, -0.05) is 31.3 Å². The monoisotopic (exact) mass is 320 g/mol. The van der Waals surface area contributed by atoms with Crippen LogP contribution in [0.25, 0.3) is 0 Å². The molecule has 116 valence electrons. The maximum Gasteiger partial charge on any atom is 0.329 e. The van der Waals surface area contributed by atoms with Crippen molar-refractivity contribution < 1.29 is 22.5 Å². The minimum absolute atomic E-state index is 0.467. The Bertz CT molecular complexity index is 630. The van der Waals surface area contributed by atoms with Crippen molar-refractivity contribution in [2.45, 2.75) is 25.3 Å². The molecule has 0 amide bonds. The van der Waals surface area contributed by atoms with Crippen LogP contribution < -0.4 is 4.74 Å². The minimum Gasteiger partial charge on any atom is -0.425 e. The third-order valence-corrected chi connectivity index (χ3v) is 4.26. The van der Waals surface area contributed by atoms with Crippen LogP contribution in [0.1, 0.15) is 22.3 Å². The van der Waals surface area contributed by atoms with Crippen LogP contribution in [0, 0.1) is 0 Å². The van der Waals surface area contributed by atoms with E-state index in [1.807, 2.05) is 31.4 Å². The van der Waals surface area contributed by atoms with Gasteiger partial charge < -0.3 is 4.74 Å². The smallest absolute Gasteiger partial charge is 0.329 e. The van der Waals surface area contributed by atoms with Crippen LogP contribution in [0.5, 0.6) is 5.75 Å². The van der Waals surface area contributed by atoms with Crippen LogP contribution in [0.2, 0.25) is 0 Å². The Labute approximate surface area is 135 Å². The molecular weight excluding hydrogens is 299 g/mol. The fourth-order valence-corrected chi connectivity index (χ4v) is 3.04. The van der Waals surface area contributed by atoms with Gasteiger partial charge in [-0.25, -0.2) is 0 Å². The summed E-state index contributed by atoms with van der Waals surface area (Å²) < 4.78 is 35.8. The van der Waals surface area contributed by atoms with E-state index in [0.29, 0.717) is 18.4 Å². The van der Waals surface area contributed by atoms with E-state index in [1.54, 1.807) is 0 Å². The zero-order chi connectivity index (χ0) is 16.9. The number of hydrogen-bond donors (Lipinski definition) is 1. The zero-order valence-corrected chi connectivity index (χ0v) is 14.4. The van der Waals surface area contributed by atoms with E-state index >= 15 is 0 Å². The van der Waals surface area contributed by atoms with Crippen molar-refractivity contribution in [2.24, 2.45) is 0 Å². The molecule has 0 heterocycles. The summed E-state index contributed by atoms with van der Waals surface area (Å²) in [5, 5.41) is 0. The molecule has 5 nitrogen and oxygen atoms in total. The van der Waals surface area contributed by atoms with E-state index < -0.39 is 21.8 Å². The van der Waals surface area contributed by atoms with Crippen LogP contribution in [0.15, 0.2) is 6.07 Å². The van der Waals surface area contributed by atoms with Crippen molar-refractivity contribution in [2.75, 3.05) is 5.75 Å². The molecule has 1 aromatic carbocycles. The molecule has 0 aliphatic carbocycles. The number of carbonyl (C=O) groups is 1. The normalized spacial score (nSPS) is 11.3. The van der Waals surface area contributed by atoms with Crippen molar-refractivity contribution in [3.05, 3.63) is 28.3 Å². The molecule has 0 aromatic heterocycles. The molecule has 0 unspecified atom stereocenters. The molecule has 0 aliphatic rings. The van der Waals surface area contributed by atoms with Crippen LogP contribution in [0.4, 0.5) is 0 Å². The predicted octanol–water partition coefficient (Wildman–Crippen LogP) is -2.99. The minimum atomic E-state index is -4.39. The van der Waals surface area contributed by atoms with Crippen molar-refractivity contribution >= 4 is 47.5 Å². The van der Waals surface area contributed by atoms with Gasteiger partial charge in [0.2, 0.25) is 0 Å². The van der Waals surface area contributed by atoms with Crippen LogP contribution in [-0.2, 0) is 40.2 Å². The summed E-state index contributed by atoms with van der Waals surface area (Å²) in [5.41, 5.74) is 4.07. The summed E-state index contributed by atoms with van der Waals surface area (Å²) in [6.07, 6.45) is 3.00. The molecule has 0 atom stereocenters. The number of benzene rings is 1. The molecule has 0 saturated carbocycles. The average Bonchev–Trinajstić information content (AvgIpc) is 2.43. The van der Waals surface area contributed by atoms with Gasteiger partial charge in [0.1, 0.15) is 37.1 Å².